The number of benzene rings is 1. The highest BCUT2D eigenvalue weighted by atomic mass is 16.5. The van der Waals surface area contributed by atoms with Crippen molar-refractivity contribution in [2.45, 2.75) is 33.2 Å². The van der Waals surface area contributed by atoms with Crippen molar-refractivity contribution >= 4 is 6.09 Å². The molecule has 3 heteroatoms. The zero-order valence-electron chi connectivity index (χ0n) is 10.8. The molecule has 0 aliphatic carbocycles. The first-order valence-electron chi connectivity index (χ1n) is 6.05. The Kier molecular flexibility index (Phi) is 5.53. The van der Waals surface area contributed by atoms with E-state index in [2.05, 4.69) is 17.4 Å². The Morgan fingerprint density at radius 3 is 2.47 bits per heavy atom. The van der Waals surface area contributed by atoms with Crippen LogP contribution in [0.1, 0.15) is 26.3 Å². The molecule has 1 aromatic rings. The molecule has 1 N–H and O–H groups in total. The Morgan fingerprint density at radius 1 is 1.24 bits per heavy atom. The molecule has 1 aromatic carbocycles. The van der Waals surface area contributed by atoms with Gasteiger partial charge in [0.2, 0.25) is 0 Å². The molecule has 3 nitrogen and oxygen atoms in total. The molecule has 0 aromatic heterocycles. The van der Waals surface area contributed by atoms with Crippen LogP contribution in [0, 0.1) is 5.92 Å². The lowest BCUT2D eigenvalue weighted by Crippen LogP contribution is -2.35. The van der Waals surface area contributed by atoms with Gasteiger partial charge in [-0.3, -0.25) is 0 Å². The summed E-state index contributed by atoms with van der Waals surface area (Å²) in [6.45, 7) is 6.47. The summed E-state index contributed by atoms with van der Waals surface area (Å²) >= 11 is 0. The van der Waals surface area contributed by atoms with Gasteiger partial charge in [0, 0.05) is 6.04 Å². The average molecular weight is 235 g/mol. The first-order chi connectivity index (χ1) is 8.08. The Morgan fingerprint density at radius 2 is 1.88 bits per heavy atom. The Labute approximate surface area is 103 Å². The molecule has 0 saturated heterocycles. The van der Waals surface area contributed by atoms with Crippen LogP contribution in [0.3, 0.4) is 0 Å². The van der Waals surface area contributed by atoms with Crippen LogP contribution in [0.15, 0.2) is 30.3 Å². The highest BCUT2D eigenvalue weighted by Gasteiger charge is 2.09. The average Bonchev–Trinajstić information content (AvgIpc) is 2.27. The maximum absolute atomic E-state index is 11.4. The molecule has 1 amide bonds. The van der Waals surface area contributed by atoms with Crippen molar-refractivity contribution in [3.63, 3.8) is 0 Å². The summed E-state index contributed by atoms with van der Waals surface area (Å²) < 4.78 is 5.06. The van der Waals surface area contributed by atoms with Crippen molar-refractivity contribution in [3.8, 4) is 0 Å². The van der Waals surface area contributed by atoms with Gasteiger partial charge in [0.1, 0.15) is 0 Å². The maximum Gasteiger partial charge on any atom is 0.407 e. The second-order valence-electron chi connectivity index (χ2n) is 4.73. The van der Waals surface area contributed by atoms with Crippen molar-refractivity contribution in [3.05, 3.63) is 35.9 Å². The zero-order valence-corrected chi connectivity index (χ0v) is 10.8. The first kappa shape index (κ1) is 13.6. The van der Waals surface area contributed by atoms with Gasteiger partial charge in [0.05, 0.1) is 6.61 Å². The fourth-order valence-electron chi connectivity index (χ4n) is 1.50. The Hall–Kier alpha value is -1.51. The highest BCUT2D eigenvalue weighted by molar-refractivity contribution is 5.67. The minimum Gasteiger partial charge on any atom is -0.449 e. The van der Waals surface area contributed by atoms with Crippen LogP contribution < -0.4 is 5.32 Å². The van der Waals surface area contributed by atoms with Gasteiger partial charge in [-0.1, -0.05) is 44.2 Å². The predicted octanol–water partition coefficient (Wildman–Crippen LogP) is 3.00. The van der Waals surface area contributed by atoms with E-state index in [0.29, 0.717) is 12.5 Å². The molecule has 0 radical (unpaired) electrons. The third-order valence-corrected chi connectivity index (χ3v) is 2.30. The van der Waals surface area contributed by atoms with Gasteiger partial charge < -0.3 is 10.1 Å². The lowest BCUT2D eigenvalue weighted by atomic mass is 10.1. The van der Waals surface area contributed by atoms with Crippen LogP contribution in [0.5, 0.6) is 0 Å². The van der Waals surface area contributed by atoms with Crippen LogP contribution in [0.4, 0.5) is 4.79 Å². The van der Waals surface area contributed by atoms with Crippen molar-refractivity contribution < 1.29 is 9.53 Å². The summed E-state index contributed by atoms with van der Waals surface area (Å²) in [4.78, 5) is 11.4. The molecule has 94 valence electrons. The van der Waals surface area contributed by atoms with Gasteiger partial charge in [-0.2, -0.15) is 0 Å². The zero-order chi connectivity index (χ0) is 12.7. The fraction of sp³-hybridized carbons (Fsp3) is 0.500. The second kappa shape index (κ2) is 6.94. The van der Waals surface area contributed by atoms with E-state index in [-0.39, 0.29) is 12.1 Å². The molecular formula is C14H21NO2. The third-order valence-electron chi connectivity index (χ3n) is 2.30. The van der Waals surface area contributed by atoms with Crippen LogP contribution in [0.25, 0.3) is 0 Å². The Bertz CT molecular complexity index is 335. The van der Waals surface area contributed by atoms with E-state index < -0.39 is 0 Å². The van der Waals surface area contributed by atoms with Gasteiger partial charge in [-0.05, 0) is 24.8 Å². The van der Waals surface area contributed by atoms with Gasteiger partial charge in [-0.25, -0.2) is 4.79 Å². The number of nitrogens with one attached hydrogen (secondary N) is 1. The number of rotatable bonds is 5. The molecule has 1 rings (SSSR count). The van der Waals surface area contributed by atoms with Crippen LogP contribution >= 0.6 is 0 Å². The minimum atomic E-state index is -0.331. The predicted molar refractivity (Wildman–Crippen MR) is 68.9 cm³/mol. The molecule has 17 heavy (non-hydrogen) atoms. The summed E-state index contributed by atoms with van der Waals surface area (Å²) in [7, 11) is 0. The minimum absolute atomic E-state index is 0.0806. The molecule has 0 aliphatic heterocycles. The number of hydrogen-bond acceptors (Lipinski definition) is 2. The summed E-state index contributed by atoms with van der Waals surface area (Å²) in [5.41, 5.74) is 1.21. The normalized spacial score (nSPS) is 12.2. The van der Waals surface area contributed by atoms with Gasteiger partial charge in [-0.15, -0.1) is 0 Å². The lowest BCUT2D eigenvalue weighted by Gasteiger charge is -2.14. The van der Waals surface area contributed by atoms with E-state index >= 15 is 0 Å². The van der Waals surface area contributed by atoms with Crippen LogP contribution in [-0.4, -0.2) is 18.7 Å². The summed E-state index contributed by atoms with van der Waals surface area (Å²) in [6, 6.07) is 10.2. The molecule has 1 unspecified atom stereocenters. The highest BCUT2D eigenvalue weighted by Crippen LogP contribution is 2.03. The van der Waals surface area contributed by atoms with E-state index in [1.54, 1.807) is 0 Å². The molecule has 0 bridgehead atoms. The first-order valence-corrected chi connectivity index (χ1v) is 6.05. The topological polar surface area (TPSA) is 38.3 Å². The summed E-state index contributed by atoms with van der Waals surface area (Å²) in [5.74, 6) is 0.366. The monoisotopic (exact) mass is 235 g/mol. The number of carbonyl (C=O) groups is 1. The van der Waals surface area contributed by atoms with Crippen LogP contribution in [0.2, 0.25) is 0 Å². The van der Waals surface area contributed by atoms with E-state index in [0.717, 1.165) is 6.42 Å². The van der Waals surface area contributed by atoms with Gasteiger partial charge >= 0.3 is 6.09 Å². The quantitative estimate of drug-likeness (QED) is 0.852. The van der Waals surface area contributed by atoms with E-state index in [1.165, 1.54) is 5.56 Å². The Balaban J connectivity index is 2.29. The van der Waals surface area contributed by atoms with Gasteiger partial charge in [0.15, 0.2) is 0 Å². The lowest BCUT2D eigenvalue weighted by molar-refractivity contribution is 0.130. The maximum atomic E-state index is 11.4. The molecule has 0 heterocycles. The van der Waals surface area contributed by atoms with Crippen LogP contribution in [-0.2, 0) is 11.2 Å². The molecule has 1 atom stereocenters. The molecule has 0 spiro atoms. The largest absolute Gasteiger partial charge is 0.449 e. The summed E-state index contributed by atoms with van der Waals surface area (Å²) in [5, 5.41) is 2.82. The molecule has 0 fully saturated rings. The van der Waals surface area contributed by atoms with Gasteiger partial charge in [0.25, 0.3) is 0 Å². The van der Waals surface area contributed by atoms with Crippen molar-refractivity contribution in [2.75, 3.05) is 6.61 Å². The number of hydrogen-bond donors (Lipinski definition) is 1. The number of amides is 1. The van der Waals surface area contributed by atoms with E-state index in [9.17, 15) is 4.79 Å². The SMILES string of the molecule is CC(C)COC(=O)NC(C)Cc1ccccc1. The molecule has 0 saturated carbocycles. The number of ether oxygens (including phenoxy) is 1. The van der Waals surface area contributed by atoms with Crippen molar-refractivity contribution in [2.24, 2.45) is 5.92 Å². The van der Waals surface area contributed by atoms with E-state index in [4.69, 9.17) is 4.74 Å². The standard InChI is InChI=1S/C14H21NO2/c1-11(2)10-17-14(16)15-12(3)9-13-7-5-4-6-8-13/h4-8,11-12H,9-10H2,1-3H3,(H,15,16). The smallest absolute Gasteiger partial charge is 0.407 e. The van der Waals surface area contributed by atoms with Crippen molar-refractivity contribution in [1.82, 2.24) is 5.32 Å². The number of carbonyl (C=O) groups excluding carboxylic acids is 1. The van der Waals surface area contributed by atoms with E-state index in [1.807, 2.05) is 39.0 Å². The molecule has 0 aliphatic rings. The molecular weight excluding hydrogens is 214 g/mol. The second-order valence-corrected chi connectivity index (χ2v) is 4.73. The fourth-order valence-corrected chi connectivity index (χ4v) is 1.50. The van der Waals surface area contributed by atoms with Crippen molar-refractivity contribution in [1.29, 1.82) is 0 Å². The third kappa shape index (κ3) is 5.95. The number of alkyl carbamates (subject to hydrolysis) is 1. The summed E-state index contributed by atoms with van der Waals surface area (Å²) in [6.07, 6.45) is 0.486.